The Kier molecular flexibility index (Phi) is 9.67. The number of Topliss-reactive ketones (excluding diaryl/α,β-unsaturated/α-hetero) is 1. The van der Waals surface area contributed by atoms with Gasteiger partial charge in [0.05, 0.1) is 17.6 Å². The summed E-state index contributed by atoms with van der Waals surface area (Å²) in [6, 6.07) is 7.34. The second-order valence-electron chi connectivity index (χ2n) is 13.5. The first-order chi connectivity index (χ1) is 19.7. The Bertz CT molecular complexity index is 1210. The van der Waals surface area contributed by atoms with E-state index in [1.54, 1.807) is 6.07 Å². The molecule has 4 N–H and O–H groups in total. The maximum absolute atomic E-state index is 13.9. The summed E-state index contributed by atoms with van der Waals surface area (Å²) >= 11 is 0. The minimum atomic E-state index is -0.779. The third kappa shape index (κ3) is 6.80. The van der Waals surface area contributed by atoms with Crippen LogP contribution in [0.4, 0.5) is 0 Å². The average molecular weight is 584 g/mol. The number of guanidine groups is 1. The number of nitrogens with zero attached hydrogens (tertiary/aromatic N) is 2. The van der Waals surface area contributed by atoms with Crippen LogP contribution in [0.3, 0.4) is 0 Å². The van der Waals surface area contributed by atoms with E-state index in [4.69, 9.17) is 15.0 Å². The molecule has 6 atom stereocenters. The van der Waals surface area contributed by atoms with Gasteiger partial charge in [-0.1, -0.05) is 57.4 Å². The van der Waals surface area contributed by atoms with Gasteiger partial charge in [-0.15, -0.1) is 0 Å². The number of ketones is 1. The smallest absolute Gasteiger partial charge is 0.404 e. The first-order valence-corrected chi connectivity index (χ1v) is 15.2. The highest BCUT2D eigenvalue weighted by atomic mass is 16.7. The predicted molar refractivity (Wildman–Crippen MR) is 161 cm³/mol. The van der Waals surface area contributed by atoms with Gasteiger partial charge in [-0.2, -0.15) is 0 Å². The number of aryl methyl sites for hydroxylation is 1. The first-order valence-electron chi connectivity index (χ1n) is 15.2. The van der Waals surface area contributed by atoms with Gasteiger partial charge in [0.2, 0.25) is 5.91 Å². The molecule has 42 heavy (non-hydrogen) atoms. The number of nitro groups is 1. The number of carbonyl (C=O) groups is 2. The number of carbonyl (C=O) groups excluding carboxylic acids is 2. The SMILES string of the molecule is Cc1ccccc1C(=O)C[C@@H](CCCN=C(N)N[N+](=O)[O-])C(=O)N[C@@H](CC(C)C)B1O[C@@H]2C[C@@H]3C[C@@H](C3(C)C)[C@]2(C)O1. The Balaban J connectivity index is 1.48. The van der Waals surface area contributed by atoms with Gasteiger partial charge in [-0.05, 0) is 74.7 Å². The van der Waals surface area contributed by atoms with Crippen molar-refractivity contribution in [3.63, 3.8) is 0 Å². The van der Waals surface area contributed by atoms with Gasteiger partial charge in [0.15, 0.2) is 10.8 Å². The van der Waals surface area contributed by atoms with Crippen LogP contribution in [0, 0.1) is 46.1 Å². The summed E-state index contributed by atoms with van der Waals surface area (Å²) in [5.74, 6) is -0.337. The van der Waals surface area contributed by atoms with Crippen LogP contribution in [-0.2, 0) is 14.1 Å². The Morgan fingerprint density at radius 1 is 1.24 bits per heavy atom. The topological polar surface area (TPSA) is 158 Å². The number of amides is 1. The Morgan fingerprint density at radius 2 is 1.95 bits per heavy atom. The largest absolute Gasteiger partial charge is 0.481 e. The standard InChI is InChI=1S/C30H46BN5O6/c1-18(2)14-26(31-41-25-17-21-16-24(29(21,4)5)30(25,6)42-31)34-27(38)20(11-9-13-33-28(32)35-36(39)40)15-23(37)22-12-8-7-10-19(22)3/h7-8,10,12,18,20-21,24-26H,9,11,13-17H2,1-6H3,(H,34,38)(H3,32,33,35)/t20-,21+,24+,25-,26+,30+/m1/s1. The van der Waals surface area contributed by atoms with E-state index >= 15 is 0 Å². The highest BCUT2D eigenvalue weighted by molar-refractivity contribution is 6.47. The Labute approximate surface area is 249 Å². The number of hydrogen-bond acceptors (Lipinski definition) is 7. The van der Waals surface area contributed by atoms with Crippen molar-refractivity contribution in [3.8, 4) is 0 Å². The normalized spacial score (nSPS) is 27.5. The molecule has 12 heteroatoms. The van der Waals surface area contributed by atoms with E-state index < -0.39 is 23.7 Å². The summed E-state index contributed by atoms with van der Waals surface area (Å²) in [6.45, 7) is 13.1. The zero-order valence-corrected chi connectivity index (χ0v) is 25.7. The maximum Gasteiger partial charge on any atom is 0.481 e. The van der Waals surface area contributed by atoms with Crippen LogP contribution >= 0.6 is 0 Å². The lowest BCUT2D eigenvalue weighted by Gasteiger charge is -2.64. The number of rotatable bonds is 13. The van der Waals surface area contributed by atoms with E-state index in [1.807, 2.05) is 30.5 Å². The number of hydrogen-bond donors (Lipinski definition) is 3. The number of aliphatic imine (C=N–C) groups is 1. The van der Waals surface area contributed by atoms with Crippen LogP contribution in [0.1, 0.15) is 89.1 Å². The predicted octanol–water partition coefficient (Wildman–Crippen LogP) is 3.86. The quantitative estimate of drug-likeness (QED) is 0.0601. The van der Waals surface area contributed by atoms with Crippen molar-refractivity contribution in [3.05, 3.63) is 45.5 Å². The average Bonchev–Trinajstić information content (AvgIpc) is 3.26. The fraction of sp³-hybridized carbons (Fsp3) is 0.700. The van der Waals surface area contributed by atoms with E-state index in [1.165, 1.54) is 0 Å². The monoisotopic (exact) mass is 583 g/mol. The van der Waals surface area contributed by atoms with Crippen LogP contribution < -0.4 is 16.5 Å². The third-order valence-electron chi connectivity index (χ3n) is 9.80. The van der Waals surface area contributed by atoms with Crippen molar-refractivity contribution in [1.29, 1.82) is 0 Å². The summed E-state index contributed by atoms with van der Waals surface area (Å²) in [5.41, 5.74) is 8.61. The number of nitrogens with one attached hydrogen (secondary N) is 2. The summed E-state index contributed by atoms with van der Waals surface area (Å²) in [5, 5.41) is 13.0. The molecular formula is C30H46BN5O6. The number of hydrazine groups is 1. The Morgan fingerprint density at radius 3 is 2.60 bits per heavy atom. The molecule has 3 saturated carbocycles. The van der Waals surface area contributed by atoms with Crippen molar-refractivity contribution in [2.45, 2.75) is 97.7 Å². The molecule has 2 bridgehead atoms. The van der Waals surface area contributed by atoms with E-state index in [0.29, 0.717) is 36.7 Å². The summed E-state index contributed by atoms with van der Waals surface area (Å²) in [7, 11) is -0.563. The molecule has 0 aromatic heterocycles. The van der Waals surface area contributed by atoms with Crippen molar-refractivity contribution < 1.29 is 23.9 Å². The van der Waals surface area contributed by atoms with Gasteiger partial charge >= 0.3 is 7.12 Å². The van der Waals surface area contributed by atoms with Crippen molar-refractivity contribution in [2.24, 2.45) is 39.8 Å². The molecule has 1 amide bonds. The van der Waals surface area contributed by atoms with Gasteiger partial charge in [-0.3, -0.25) is 9.59 Å². The van der Waals surface area contributed by atoms with Gasteiger partial charge in [0.1, 0.15) is 0 Å². The van der Waals surface area contributed by atoms with Crippen molar-refractivity contribution in [1.82, 2.24) is 10.7 Å². The molecule has 11 nitrogen and oxygen atoms in total. The maximum atomic E-state index is 13.9. The van der Waals surface area contributed by atoms with Crippen LogP contribution in [0.5, 0.6) is 0 Å². The zero-order chi connectivity index (χ0) is 30.8. The molecule has 0 spiro atoms. The van der Waals surface area contributed by atoms with Crippen LogP contribution in [-0.4, -0.2) is 54.0 Å². The first kappa shape index (κ1) is 31.9. The fourth-order valence-electron chi connectivity index (χ4n) is 7.33. The Hall–Kier alpha value is -2.99. The minimum Gasteiger partial charge on any atom is -0.404 e. The summed E-state index contributed by atoms with van der Waals surface area (Å²) in [4.78, 5) is 41.7. The molecule has 1 aromatic carbocycles. The lowest BCUT2D eigenvalue weighted by atomic mass is 9.43. The second-order valence-corrected chi connectivity index (χ2v) is 13.5. The van der Waals surface area contributed by atoms with Crippen LogP contribution in [0.2, 0.25) is 0 Å². The number of nitrogens with two attached hydrogens (primary N) is 1. The molecule has 1 aromatic rings. The van der Waals surface area contributed by atoms with E-state index in [9.17, 15) is 19.7 Å². The molecule has 0 unspecified atom stereocenters. The van der Waals surface area contributed by atoms with Crippen LogP contribution in [0.15, 0.2) is 29.3 Å². The van der Waals surface area contributed by atoms with E-state index in [2.05, 4.69) is 44.9 Å². The molecule has 5 rings (SSSR count). The van der Waals surface area contributed by atoms with Crippen molar-refractivity contribution in [2.75, 3.05) is 6.54 Å². The summed E-state index contributed by atoms with van der Waals surface area (Å²) in [6.07, 6.45) is 3.58. The minimum absolute atomic E-state index is 0.000338. The molecular weight excluding hydrogens is 537 g/mol. The van der Waals surface area contributed by atoms with E-state index in [-0.39, 0.29) is 54.0 Å². The molecule has 3 aliphatic carbocycles. The molecule has 4 aliphatic rings. The summed E-state index contributed by atoms with van der Waals surface area (Å²) < 4.78 is 13.2. The van der Waals surface area contributed by atoms with Crippen LogP contribution in [0.25, 0.3) is 0 Å². The van der Waals surface area contributed by atoms with Gasteiger partial charge in [0, 0.05) is 24.4 Å². The molecule has 230 valence electrons. The molecule has 1 heterocycles. The van der Waals surface area contributed by atoms with E-state index in [0.717, 1.165) is 18.4 Å². The van der Waals surface area contributed by atoms with Gasteiger partial charge < -0.3 is 20.4 Å². The second kappa shape index (κ2) is 12.7. The lowest BCUT2D eigenvalue weighted by molar-refractivity contribution is -0.525. The van der Waals surface area contributed by atoms with Crippen molar-refractivity contribution >= 4 is 24.8 Å². The zero-order valence-electron chi connectivity index (χ0n) is 25.7. The third-order valence-corrected chi connectivity index (χ3v) is 9.80. The van der Waals surface area contributed by atoms with Gasteiger partial charge in [-0.25, -0.2) is 15.1 Å². The lowest BCUT2D eigenvalue weighted by Crippen LogP contribution is -2.65. The molecule has 4 fully saturated rings. The molecule has 1 aliphatic heterocycles. The highest BCUT2D eigenvalue weighted by Crippen LogP contribution is 2.65. The molecule has 1 saturated heterocycles. The highest BCUT2D eigenvalue weighted by Gasteiger charge is 2.68. The van der Waals surface area contributed by atoms with Gasteiger partial charge in [0.25, 0.3) is 5.96 Å². The fourth-order valence-corrected chi connectivity index (χ4v) is 7.33. The number of benzene rings is 1. The molecule has 0 radical (unpaired) electrons.